The van der Waals surface area contributed by atoms with Gasteiger partial charge in [-0.05, 0) is 25.1 Å². The van der Waals surface area contributed by atoms with Crippen molar-refractivity contribution in [1.29, 1.82) is 0 Å². The van der Waals surface area contributed by atoms with Crippen molar-refractivity contribution in [3.63, 3.8) is 0 Å². The fourth-order valence-corrected chi connectivity index (χ4v) is 3.38. The Bertz CT molecular complexity index is 709. The number of hydrogen-bond acceptors (Lipinski definition) is 4. The number of guanidine groups is 1. The normalized spacial score (nSPS) is 11.0. The number of phenolic OH excluding ortho intramolecular Hbond substituents is 1. The lowest BCUT2D eigenvalue weighted by Gasteiger charge is -2.21. The van der Waals surface area contributed by atoms with Crippen LogP contribution in [-0.4, -0.2) is 36.7 Å². The second kappa shape index (κ2) is 10.7. The van der Waals surface area contributed by atoms with Crippen LogP contribution in [0.25, 0.3) is 0 Å². The lowest BCUT2D eigenvalue weighted by Crippen LogP contribution is -2.38. The van der Waals surface area contributed by atoms with Crippen molar-refractivity contribution in [2.75, 3.05) is 20.7 Å². The number of thiophene rings is 1. The number of nitrogens with zero attached hydrogens (tertiary/aromatic N) is 2. The summed E-state index contributed by atoms with van der Waals surface area (Å²) in [5.74, 6) is 1.35. The Morgan fingerprint density at radius 2 is 2.12 bits per heavy atom. The smallest absolute Gasteiger partial charge is 0.194 e. The highest BCUT2D eigenvalue weighted by Gasteiger charge is 2.10. The number of para-hydroxylation sites is 1. The Morgan fingerprint density at radius 1 is 1.36 bits per heavy atom. The van der Waals surface area contributed by atoms with Gasteiger partial charge in [-0.1, -0.05) is 23.7 Å². The molecule has 1 aromatic heterocycles. The molecule has 0 saturated carbocycles. The van der Waals surface area contributed by atoms with Gasteiger partial charge < -0.3 is 20.1 Å². The summed E-state index contributed by atoms with van der Waals surface area (Å²) in [5, 5.41) is 13.4. The second-order valence-corrected chi connectivity index (χ2v) is 7.00. The second-order valence-electron chi connectivity index (χ2n) is 5.20. The molecule has 2 N–H and O–H groups in total. The predicted octanol–water partition coefficient (Wildman–Crippen LogP) is 4.33. The number of aromatic hydroxyl groups is 1. The molecule has 0 bridgehead atoms. The monoisotopic (exact) mass is 495 g/mol. The van der Waals surface area contributed by atoms with Gasteiger partial charge in [-0.25, -0.2) is 4.99 Å². The molecule has 0 atom stereocenters. The van der Waals surface area contributed by atoms with Crippen molar-refractivity contribution in [1.82, 2.24) is 10.2 Å². The molecule has 2 aromatic rings. The lowest BCUT2D eigenvalue weighted by atomic mass is 10.2. The Balaban J connectivity index is 0.00000312. The summed E-state index contributed by atoms with van der Waals surface area (Å²) in [7, 11) is 3.51. The third kappa shape index (κ3) is 6.23. The van der Waals surface area contributed by atoms with Gasteiger partial charge in [0, 0.05) is 24.0 Å². The number of aliphatic imine (C=N–C) groups is 1. The van der Waals surface area contributed by atoms with Gasteiger partial charge >= 0.3 is 0 Å². The van der Waals surface area contributed by atoms with E-state index in [2.05, 4.69) is 10.3 Å². The van der Waals surface area contributed by atoms with Crippen molar-refractivity contribution in [3.8, 4) is 11.5 Å². The van der Waals surface area contributed by atoms with E-state index < -0.39 is 0 Å². The zero-order valence-electron chi connectivity index (χ0n) is 14.5. The van der Waals surface area contributed by atoms with Crippen LogP contribution in [0, 0.1) is 0 Å². The first-order chi connectivity index (χ1) is 11.5. The van der Waals surface area contributed by atoms with E-state index in [9.17, 15) is 5.11 Å². The van der Waals surface area contributed by atoms with Crippen LogP contribution < -0.4 is 10.1 Å². The zero-order chi connectivity index (χ0) is 17.5. The van der Waals surface area contributed by atoms with Crippen molar-refractivity contribution in [2.24, 2.45) is 4.99 Å². The van der Waals surface area contributed by atoms with Gasteiger partial charge in [-0.3, -0.25) is 0 Å². The van der Waals surface area contributed by atoms with Crippen LogP contribution >= 0.6 is 46.9 Å². The number of ether oxygens (including phenoxy) is 1. The minimum Gasteiger partial charge on any atom is -0.504 e. The van der Waals surface area contributed by atoms with Crippen LogP contribution in [0.5, 0.6) is 11.5 Å². The molecule has 0 spiro atoms. The highest BCUT2D eigenvalue weighted by molar-refractivity contribution is 14.0. The molecule has 0 aliphatic heterocycles. The highest BCUT2D eigenvalue weighted by Crippen LogP contribution is 2.29. The van der Waals surface area contributed by atoms with Gasteiger partial charge in [0.15, 0.2) is 17.5 Å². The van der Waals surface area contributed by atoms with Crippen LogP contribution in [0.2, 0.25) is 4.34 Å². The molecule has 8 heteroatoms. The SMILES string of the molecule is CCNC(=NCc1cccc(OC)c1O)N(C)Cc1ccc(Cl)s1.I. The molecule has 1 aromatic carbocycles. The van der Waals surface area contributed by atoms with Crippen LogP contribution in [0.3, 0.4) is 0 Å². The van der Waals surface area contributed by atoms with Gasteiger partial charge in [0.25, 0.3) is 0 Å². The third-order valence-corrected chi connectivity index (χ3v) is 4.64. The van der Waals surface area contributed by atoms with E-state index in [0.29, 0.717) is 18.8 Å². The van der Waals surface area contributed by atoms with Gasteiger partial charge in [0.1, 0.15) is 0 Å². The van der Waals surface area contributed by atoms with Gasteiger partial charge in [-0.15, -0.1) is 35.3 Å². The molecule has 0 saturated heterocycles. The van der Waals surface area contributed by atoms with Gasteiger partial charge in [0.05, 0.1) is 24.5 Å². The Labute approximate surface area is 174 Å². The van der Waals surface area contributed by atoms with Gasteiger partial charge in [-0.2, -0.15) is 0 Å². The highest BCUT2D eigenvalue weighted by atomic mass is 127. The average molecular weight is 496 g/mol. The molecular formula is C17H23ClIN3O2S. The van der Waals surface area contributed by atoms with Crippen LogP contribution in [0.1, 0.15) is 17.4 Å². The average Bonchev–Trinajstić information content (AvgIpc) is 2.97. The van der Waals surface area contributed by atoms with E-state index in [1.54, 1.807) is 17.4 Å². The van der Waals surface area contributed by atoms with E-state index >= 15 is 0 Å². The molecule has 0 aliphatic carbocycles. The van der Waals surface area contributed by atoms with E-state index in [-0.39, 0.29) is 29.7 Å². The molecule has 0 fully saturated rings. The summed E-state index contributed by atoms with van der Waals surface area (Å²) in [6.45, 7) is 3.86. The maximum Gasteiger partial charge on any atom is 0.194 e. The molecule has 2 rings (SSSR count). The minimum absolute atomic E-state index is 0. The van der Waals surface area contributed by atoms with Crippen molar-refractivity contribution < 1.29 is 9.84 Å². The number of phenols is 1. The molecule has 138 valence electrons. The van der Waals surface area contributed by atoms with E-state index in [1.165, 1.54) is 7.11 Å². The molecule has 25 heavy (non-hydrogen) atoms. The standard InChI is InChI=1S/C17H22ClN3O2S.HI/c1-4-19-17(21(2)11-13-8-9-15(18)24-13)20-10-12-6-5-7-14(23-3)16(12)22;/h5-9,22H,4,10-11H2,1-3H3,(H,19,20);1H. The minimum atomic E-state index is 0. The Morgan fingerprint density at radius 3 is 2.72 bits per heavy atom. The third-order valence-electron chi connectivity index (χ3n) is 3.42. The molecular weight excluding hydrogens is 473 g/mol. The van der Waals surface area contributed by atoms with E-state index in [0.717, 1.165) is 27.3 Å². The van der Waals surface area contributed by atoms with Crippen LogP contribution in [-0.2, 0) is 13.1 Å². The molecule has 1 heterocycles. The lowest BCUT2D eigenvalue weighted by molar-refractivity contribution is 0.370. The molecule has 0 radical (unpaired) electrons. The van der Waals surface area contributed by atoms with Crippen molar-refractivity contribution in [3.05, 3.63) is 45.1 Å². The summed E-state index contributed by atoms with van der Waals surface area (Å²) >= 11 is 7.54. The molecule has 5 nitrogen and oxygen atoms in total. The summed E-state index contributed by atoms with van der Waals surface area (Å²) in [4.78, 5) is 7.81. The van der Waals surface area contributed by atoms with E-state index in [1.807, 2.05) is 43.1 Å². The maximum atomic E-state index is 10.2. The molecule has 0 amide bonds. The molecule has 0 unspecified atom stereocenters. The van der Waals surface area contributed by atoms with Crippen molar-refractivity contribution in [2.45, 2.75) is 20.0 Å². The number of nitrogens with one attached hydrogen (secondary N) is 1. The quantitative estimate of drug-likeness (QED) is 0.356. The number of rotatable bonds is 6. The first-order valence-electron chi connectivity index (χ1n) is 7.63. The number of benzene rings is 1. The largest absolute Gasteiger partial charge is 0.504 e. The number of halogens is 2. The summed E-state index contributed by atoms with van der Waals surface area (Å²) in [6, 6.07) is 9.31. The maximum absolute atomic E-state index is 10.2. The topological polar surface area (TPSA) is 57.1 Å². The number of hydrogen-bond donors (Lipinski definition) is 2. The van der Waals surface area contributed by atoms with Gasteiger partial charge in [0.2, 0.25) is 0 Å². The first kappa shape index (κ1) is 21.9. The fourth-order valence-electron chi connectivity index (χ4n) is 2.24. The van der Waals surface area contributed by atoms with E-state index in [4.69, 9.17) is 16.3 Å². The predicted molar refractivity (Wildman–Crippen MR) is 116 cm³/mol. The summed E-state index contributed by atoms with van der Waals surface area (Å²) in [6.07, 6.45) is 0. The Hall–Kier alpha value is -1.19. The van der Waals surface area contributed by atoms with Crippen LogP contribution in [0.15, 0.2) is 35.3 Å². The summed E-state index contributed by atoms with van der Waals surface area (Å²) < 4.78 is 5.91. The Kier molecular flexibility index (Phi) is 9.37. The summed E-state index contributed by atoms with van der Waals surface area (Å²) in [5.41, 5.74) is 0.720. The molecule has 0 aliphatic rings. The zero-order valence-corrected chi connectivity index (χ0v) is 18.4. The first-order valence-corrected chi connectivity index (χ1v) is 8.83. The van der Waals surface area contributed by atoms with Crippen molar-refractivity contribution >= 4 is 52.9 Å². The fraction of sp³-hybridized carbons (Fsp3) is 0.353. The van der Waals surface area contributed by atoms with Crippen LogP contribution in [0.4, 0.5) is 0 Å². The number of methoxy groups -OCH3 is 1.